The molecule has 0 aliphatic heterocycles. The zero-order valence-electron chi connectivity index (χ0n) is 13.6. The van der Waals surface area contributed by atoms with Gasteiger partial charge in [-0.1, -0.05) is 59.8 Å². The Bertz CT molecular complexity index is 875. The number of hydrogen-bond donors (Lipinski definition) is 2. The van der Waals surface area contributed by atoms with Gasteiger partial charge in [0.1, 0.15) is 0 Å². The minimum absolute atomic E-state index is 0.373. The molecule has 1 aromatic heterocycles. The highest BCUT2D eigenvalue weighted by Gasteiger charge is 2.10. The van der Waals surface area contributed by atoms with Gasteiger partial charge in [0.15, 0.2) is 0 Å². The van der Waals surface area contributed by atoms with Gasteiger partial charge >= 0.3 is 0 Å². The molecule has 0 aliphatic rings. The summed E-state index contributed by atoms with van der Waals surface area (Å²) in [4.78, 5) is 0. The molecule has 25 heavy (non-hydrogen) atoms. The molecule has 3 aromatic rings. The van der Waals surface area contributed by atoms with Crippen molar-refractivity contribution in [3.8, 4) is 0 Å². The van der Waals surface area contributed by atoms with Gasteiger partial charge in [-0.25, -0.2) is 10.1 Å². The van der Waals surface area contributed by atoms with E-state index in [4.69, 9.17) is 17.4 Å². The zero-order chi connectivity index (χ0) is 17.6. The van der Waals surface area contributed by atoms with Crippen molar-refractivity contribution in [1.29, 1.82) is 0 Å². The number of aryl methyl sites for hydroxylation is 1. The molecule has 128 valence electrons. The van der Waals surface area contributed by atoms with E-state index in [0.29, 0.717) is 16.1 Å². The van der Waals surface area contributed by atoms with Crippen molar-refractivity contribution in [3.05, 3.63) is 70.2 Å². The summed E-state index contributed by atoms with van der Waals surface area (Å²) in [7, 11) is 0. The van der Waals surface area contributed by atoms with Crippen LogP contribution in [0.15, 0.2) is 58.8 Å². The summed E-state index contributed by atoms with van der Waals surface area (Å²) in [5, 5.41) is 13.5. The number of nitrogens with two attached hydrogens (primary N) is 1. The largest absolute Gasteiger partial charge is 0.334 e. The lowest BCUT2D eigenvalue weighted by molar-refractivity contribution is 0.847. The molecule has 0 fully saturated rings. The van der Waals surface area contributed by atoms with Gasteiger partial charge in [-0.05, 0) is 35.7 Å². The molecular formula is C17H17ClN6S. The molecule has 2 aromatic carbocycles. The quantitative estimate of drug-likeness (QED) is 0.298. The van der Waals surface area contributed by atoms with E-state index < -0.39 is 0 Å². The third-order valence-electron chi connectivity index (χ3n) is 3.53. The fourth-order valence-electron chi connectivity index (χ4n) is 2.08. The van der Waals surface area contributed by atoms with Gasteiger partial charge in [-0.15, -0.1) is 10.2 Å². The molecule has 0 spiro atoms. The smallest absolute Gasteiger partial charge is 0.264 e. The second-order valence-corrected chi connectivity index (χ2v) is 6.69. The number of benzene rings is 2. The average Bonchev–Trinajstić information content (AvgIpc) is 2.96. The van der Waals surface area contributed by atoms with Gasteiger partial charge in [0.25, 0.3) is 5.95 Å². The van der Waals surface area contributed by atoms with Gasteiger partial charge in [-0.3, -0.25) is 0 Å². The van der Waals surface area contributed by atoms with Crippen molar-refractivity contribution < 1.29 is 0 Å². The maximum Gasteiger partial charge on any atom is 0.264 e. The summed E-state index contributed by atoms with van der Waals surface area (Å²) in [6.07, 6.45) is 1.66. The Kier molecular flexibility index (Phi) is 5.57. The second-order valence-electron chi connectivity index (χ2n) is 5.31. The second kappa shape index (κ2) is 8.04. The molecule has 0 aliphatic carbocycles. The van der Waals surface area contributed by atoms with Crippen molar-refractivity contribution in [2.24, 2.45) is 5.10 Å². The lowest BCUT2D eigenvalue weighted by Gasteiger charge is -2.05. The number of nitrogen functional groups attached to an aromatic ring is 1. The number of nitrogens with zero attached hydrogens (tertiary/aromatic N) is 4. The normalized spacial score (nSPS) is 11.1. The molecule has 6 nitrogen and oxygen atoms in total. The van der Waals surface area contributed by atoms with Gasteiger partial charge in [0.05, 0.1) is 6.21 Å². The van der Waals surface area contributed by atoms with Crippen molar-refractivity contribution >= 4 is 35.5 Å². The number of rotatable bonds is 6. The molecule has 0 unspecified atom stereocenters. The average molecular weight is 373 g/mol. The predicted molar refractivity (Wildman–Crippen MR) is 104 cm³/mol. The molecule has 0 atom stereocenters. The summed E-state index contributed by atoms with van der Waals surface area (Å²) in [6.45, 7) is 2.08. The fourth-order valence-corrected chi connectivity index (χ4v) is 3.14. The Labute approximate surface area is 155 Å². The van der Waals surface area contributed by atoms with Crippen LogP contribution in [-0.2, 0) is 5.75 Å². The van der Waals surface area contributed by atoms with Crippen molar-refractivity contribution in [3.63, 3.8) is 0 Å². The summed E-state index contributed by atoms with van der Waals surface area (Å²) in [5.74, 6) is 7.17. The van der Waals surface area contributed by atoms with Gasteiger partial charge < -0.3 is 5.84 Å². The van der Waals surface area contributed by atoms with Crippen LogP contribution in [0.5, 0.6) is 0 Å². The molecule has 0 saturated heterocycles. The Morgan fingerprint density at radius 2 is 1.96 bits per heavy atom. The van der Waals surface area contributed by atoms with E-state index in [0.717, 1.165) is 11.3 Å². The van der Waals surface area contributed by atoms with Gasteiger partial charge in [0.2, 0.25) is 5.16 Å². The lowest BCUT2D eigenvalue weighted by atomic mass is 10.1. The van der Waals surface area contributed by atoms with E-state index in [-0.39, 0.29) is 0 Å². The highest BCUT2D eigenvalue weighted by Crippen LogP contribution is 2.23. The maximum atomic E-state index is 6.02. The molecular weight excluding hydrogens is 356 g/mol. The van der Waals surface area contributed by atoms with E-state index in [1.54, 1.807) is 18.3 Å². The number of aromatic nitrogens is 3. The van der Waals surface area contributed by atoms with Crippen molar-refractivity contribution in [1.82, 2.24) is 14.9 Å². The SMILES string of the molecule is Cc1ccccc1CSc1nnc(N/N=C/c2ccc(Cl)cc2)n1N. The molecule has 8 heteroatoms. The molecule has 1 heterocycles. The number of hydrogen-bond acceptors (Lipinski definition) is 6. The first-order valence-corrected chi connectivity index (χ1v) is 8.92. The third kappa shape index (κ3) is 4.52. The van der Waals surface area contributed by atoms with E-state index in [1.807, 2.05) is 24.3 Å². The van der Waals surface area contributed by atoms with Crippen LogP contribution >= 0.6 is 23.4 Å². The zero-order valence-corrected chi connectivity index (χ0v) is 15.1. The lowest BCUT2D eigenvalue weighted by Crippen LogP contribution is -2.13. The molecule has 0 radical (unpaired) electrons. The predicted octanol–water partition coefficient (Wildman–Crippen LogP) is 3.69. The van der Waals surface area contributed by atoms with Crippen LogP contribution in [0.1, 0.15) is 16.7 Å². The first kappa shape index (κ1) is 17.3. The van der Waals surface area contributed by atoms with E-state index in [1.165, 1.54) is 27.6 Å². The van der Waals surface area contributed by atoms with Crippen LogP contribution in [-0.4, -0.2) is 21.1 Å². The molecule has 3 rings (SSSR count). The molecule has 3 N–H and O–H groups in total. The van der Waals surface area contributed by atoms with Crippen molar-refractivity contribution in [2.45, 2.75) is 17.8 Å². The summed E-state index contributed by atoms with van der Waals surface area (Å²) in [5.41, 5.74) is 6.19. The Hall–Kier alpha value is -2.51. The summed E-state index contributed by atoms with van der Waals surface area (Å²) < 4.78 is 1.39. The monoisotopic (exact) mass is 372 g/mol. The summed E-state index contributed by atoms with van der Waals surface area (Å²) in [6, 6.07) is 15.6. The van der Waals surface area contributed by atoms with E-state index >= 15 is 0 Å². The first-order valence-electron chi connectivity index (χ1n) is 7.56. The Balaban J connectivity index is 1.61. The van der Waals surface area contributed by atoms with Crippen LogP contribution in [0.2, 0.25) is 5.02 Å². The molecule has 0 bridgehead atoms. The number of anilines is 1. The number of halogens is 1. The molecule has 0 saturated carbocycles. The van der Waals surface area contributed by atoms with Crippen molar-refractivity contribution in [2.75, 3.05) is 11.3 Å². The Morgan fingerprint density at radius 3 is 2.72 bits per heavy atom. The van der Waals surface area contributed by atoms with Gasteiger partial charge in [0, 0.05) is 10.8 Å². The summed E-state index contributed by atoms with van der Waals surface area (Å²) >= 11 is 7.37. The number of nitrogens with one attached hydrogen (secondary N) is 1. The standard InChI is InChI=1S/C17H17ClN6S/c1-12-4-2-3-5-14(12)11-25-17-23-22-16(24(17)19)21-20-10-13-6-8-15(18)9-7-13/h2-10H,11,19H2,1H3,(H,21,22)/b20-10+. The molecule has 0 amide bonds. The maximum absolute atomic E-state index is 6.02. The van der Waals surface area contributed by atoms with Crippen LogP contribution in [0, 0.1) is 6.92 Å². The minimum atomic E-state index is 0.373. The number of thioether (sulfide) groups is 1. The van der Waals surface area contributed by atoms with E-state index in [9.17, 15) is 0 Å². The van der Waals surface area contributed by atoms with Gasteiger partial charge in [-0.2, -0.15) is 5.10 Å². The van der Waals surface area contributed by atoms with E-state index in [2.05, 4.69) is 39.8 Å². The highest BCUT2D eigenvalue weighted by molar-refractivity contribution is 7.98. The highest BCUT2D eigenvalue weighted by atomic mass is 35.5. The number of hydrazone groups is 1. The van der Waals surface area contributed by atoms with Crippen LogP contribution in [0.3, 0.4) is 0 Å². The third-order valence-corrected chi connectivity index (χ3v) is 4.77. The van der Waals surface area contributed by atoms with Crippen LogP contribution in [0.4, 0.5) is 5.95 Å². The first-order chi connectivity index (χ1) is 12.1. The topological polar surface area (TPSA) is 81.1 Å². The Morgan fingerprint density at radius 1 is 1.20 bits per heavy atom. The minimum Gasteiger partial charge on any atom is -0.334 e. The fraction of sp³-hybridized carbons (Fsp3) is 0.118. The van der Waals surface area contributed by atoms with Crippen LogP contribution < -0.4 is 11.3 Å². The van der Waals surface area contributed by atoms with Crippen LogP contribution in [0.25, 0.3) is 0 Å².